The second kappa shape index (κ2) is 5.14. The Morgan fingerprint density at radius 1 is 1.38 bits per heavy atom. The molecule has 0 aliphatic heterocycles. The van der Waals surface area contributed by atoms with Crippen molar-refractivity contribution in [2.24, 2.45) is 0 Å². The van der Waals surface area contributed by atoms with Gasteiger partial charge in [0.05, 0.1) is 7.11 Å². The molecule has 1 rings (SSSR count). The van der Waals surface area contributed by atoms with E-state index in [4.69, 9.17) is 4.74 Å². The van der Waals surface area contributed by atoms with E-state index >= 15 is 0 Å². The van der Waals surface area contributed by atoms with E-state index in [1.807, 2.05) is 19.2 Å². The fraction of sp³-hybridized carbons (Fsp3) is 0.400. The standard InChI is InChI=1S/C10H15NOS/c1-11-10(7-13)8-3-5-9(12-2)6-4-8/h3-6,10-11,13H,7H2,1-2H3. The average molecular weight is 197 g/mol. The van der Waals surface area contributed by atoms with Crippen molar-refractivity contribution < 1.29 is 4.74 Å². The minimum absolute atomic E-state index is 0.314. The van der Waals surface area contributed by atoms with E-state index in [0.717, 1.165) is 11.5 Å². The molecule has 0 heterocycles. The predicted molar refractivity (Wildman–Crippen MR) is 58.6 cm³/mol. The van der Waals surface area contributed by atoms with Gasteiger partial charge >= 0.3 is 0 Å². The van der Waals surface area contributed by atoms with E-state index in [9.17, 15) is 0 Å². The highest BCUT2D eigenvalue weighted by molar-refractivity contribution is 7.80. The Kier molecular flexibility index (Phi) is 4.12. The highest BCUT2D eigenvalue weighted by Crippen LogP contribution is 2.17. The SMILES string of the molecule is CNC(CS)c1ccc(OC)cc1. The van der Waals surface area contributed by atoms with Crippen LogP contribution in [0.4, 0.5) is 0 Å². The van der Waals surface area contributed by atoms with Crippen molar-refractivity contribution in [2.75, 3.05) is 19.9 Å². The lowest BCUT2D eigenvalue weighted by Crippen LogP contribution is -2.17. The monoisotopic (exact) mass is 197 g/mol. The summed E-state index contributed by atoms with van der Waals surface area (Å²) in [6, 6.07) is 8.34. The van der Waals surface area contributed by atoms with Gasteiger partial charge in [0.1, 0.15) is 5.75 Å². The minimum atomic E-state index is 0.314. The highest BCUT2D eigenvalue weighted by atomic mass is 32.1. The zero-order valence-corrected chi connectivity index (χ0v) is 8.84. The van der Waals surface area contributed by atoms with E-state index < -0.39 is 0 Å². The molecular formula is C10H15NOS. The molecule has 13 heavy (non-hydrogen) atoms. The maximum Gasteiger partial charge on any atom is 0.118 e. The molecule has 0 spiro atoms. The van der Waals surface area contributed by atoms with E-state index in [-0.39, 0.29) is 0 Å². The summed E-state index contributed by atoms with van der Waals surface area (Å²) in [5.41, 5.74) is 1.23. The molecule has 1 unspecified atom stereocenters. The first-order chi connectivity index (χ1) is 6.31. The number of benzene rings is 1. The number of hydrogen-bond donors (Lipinski definition) is 2. The molecule has 1 aromatic carbocycles. The van der Waals surface area contributed by atoms with Gasteiger partial charge in [-0.25, -0.2) is 0 Å². The first kappa shape index (κ1) is 10.4. The number of ether oxygens (including phenoxy) is 1. The lowest BCUT2D eigenvalue weighted by Gasteiger charge is -2.13. The molecule has 0 saturated heterocycles. The Morgan fingerprint density at radius 2 is 2.00 bits per heavy atom. The van der Waals surface area contributed by atoms with Crippen LogP contribution in [-0.2, 0) is 0 Å². The molecule has 0 fully saturated rings. The summed E-state index contributed by atoms with van der Waals surface area (Å²) in [4.78, 5) is 0. The third-order valence-electron chi connectivity index (χ3n) is 2.05. The van der Waals surface area contributed by atoms with Gasteiger partial charge in [-0.1, -0.05) is 12.1 Å². The average Bonchev–Trinajstić information content (AvgIpc) is 2.21. The molecule has 2 nitrogen and oxygen atoms in total. The molecule has 1 atom stereocenters. The predicted octanol–water partition coefficient (Wildman–Crippen LogP) is 1.89. The van der Waals surface area contributed by atoms with Gasteiger partial charge in [-0.2, -0.15) is 12.6 Å². The van der Waals surface area contributed by atoms with E-state index in [2.05, 4.69) is 30.1 Å². The summed E-state index contributed by atoms with van der Waals surface area (Å²) in [5.74, 6) is 1.68. The smallest absolute Gasteiger partial charge is 0.118 e. The van der Waals surface area contributed by atoms with Crippen molar-refractivity contribution >= 4 is 12.6 Å². The third-order valence-corrected chi connectivity index (χ3v) is 2.41. The number of thiol groups is 1. The van der Waals surface area contributed by atoms with Crippen molar-refractivity contribution in [1.82, 2.24) is 5.32 Å². The van der Waals surface area contributed by atoms with E-state index in [1.54, 1.807) is 7.11 Å². The zero-order chi connectivity index (χ0) is 9.68. The molecule has 0 saturated carbocycles. The van der Waals surface area contributed by atoms with E-state index in [0.29, 0.717) is 6.04 Å². The van der Waals surface area contributed by atoms with Crippen molar-refractivity contribution in [3.8, 4) is 5.75 Å². The Bertz CT molecular complexity index is 244. The molecule has 0 amide bonds. The van der Waals surface area contributed by atoms with Gasteiger partial charge in [-0.05, 0) is 24.7 Å². The van der Waals surface area contributed by atoms with Crippen molar-refractivity contribution in [3.63, 3.8) is 0 Å². The molecule has 1 aromatic rings. The topological polar surface area (TPSA) is 21.3 Å². The van der Waals surface area contributed by atoms with Gasteiger partial charge < -0.3 is 10.1 Å². The summed E-state index contributed by atoms with van der Waals surface area (Å²) < 4.78 is 5.08. The molecule has 0 radical (unpaired) electrons. The van der Waals surface area contributed by atoms with Crippen LogP contribution in [-0.4, -0.2) is 19.9 Å². The normalized spacial score (nSPS) is 12.5. The number of methoxy groups -OCH3 is 1. The van der Waals surface area contributed by atoms with E-state index in [1.165, 1.54) is 5.56 Å². The lowest BCUT2D eigenvalue weighted by molar-refractivity contribution is 0.414. The molecular weight excluding hydrogens is 182 g/mol. The Hall–Kier alpha value is -0.670. The van der Waals surface area contributed by atoms with Gasteiger partial charge in [-0.3, -0.25) is 0 Å². The first-order valence-electron chi connectivity index (χ1n) is 4.24. The van der Waals surface area contributed by atoms with Gasteiger partial charge in [0.25, 0.3) is 0 Å². The third kappa shape index (κ3) is 2.64. The van der Waals surface area contributed by atoms with Gasteiger partial charge in [0, 0.05) is 11.8 Å². The second-order valence-electron chi connectivity index (χ2n) is 2.80. The van der Waals surface area contributed by atoms with Crippen LogP contribution >= 0.6 is 12.6 Å². The first-order valence-corrected chi connectivity index (χ1v) is 4.87. The fourth-order valence-electron chi connectivity index (χ4n) is 1.20. The van der Waals surface area contributed by atoms with Crippen molar-refractivity contribution in [2.45, 2.75) is 6.04 Å². The summed E-state index contributed by atoms with van der Waals surface area (Å²) >= 11 is 4.26. The second-order valence-corrected chi connectivity index (χ2v) is 3.16. The molecule has 0 aliphatic carbocycles. The molecule has 1 N–H and O–H groups in total. The van der Waals surface area contributed by atoms with Crippen LogP contribution in [0.25, 0.3) is 0 Å². The summed E-state index contributed by atoms with van der Waals surface area (Å²) in [6.45, 7) is 0. The van der Waals surface area contributed by atoms with Crippen molar-refractivity contribution in [1.29, 1.82) is 0 Å². The van der Waals surface area contributed by atoms with Gasteiger partial charge in [-0.15, -0.1) is 0 Å². The van der Waals surface area contributed by atoms with Gasteiger partial charge in [0.2, 0.25) is 0 Å². The molecule has 72 valence electrons. The zero-order valence-electron chi connectivity index (χ0n) is 7.95. The van der Waals surface area contributed by atoms with Crippen LogP contribution < -0.4 is 10.1 Å². The minimum Gasteiger partial charge on any atom is -0.497 e. The van der Waals surface area contributed by atoms with Gasteiger partial charge in [0.15, 0.2) is 0 Å². The maximum atomic E-state index is 5.08. The number of rotatable bonds is 4. The highest BCUT2D eigenvalue weighted by Gasteiger charge is 2.05. The van der Waals surface area contributed by atoms with Crippen molar-refractivity contribution in [3.05, 3.63) is 29.8 Å². The Morgan fingerprint density at radius 3 is 2.38 bits per heavy atom. The number of hydrogen-bond acceptors (Lipinski definition) is 3. The van der Waals surface area contributed by atoms with Crippen LogP contribution in [0.5, 0.6) is 5.75 Å². The number of nitrogens with one attached hydrogen (secondary N) is 1. The van der Waals surface area contributed by atoms with Crippen LogP contribution in [0, 0.1) is 0 Å². The molecule has 0 aromatic heterocycles. The largest absolute Gasteiger partial charge is 0.497 e. The van der Waals surface area contributed by atoms with Crippen LogP contribution in [0.1, 0.15) is 11.6 Å². The van der Waals surface area contributed by atoms with Crippen LogP contribution in [0.2, 0.25) is 0 Å². The quantitative estimate of drug-likeness (QED) is 0.719. The Labute approximate surface area is 84.7 Å². The maximum absolute atomic E-state index is 5.08. The summed E-state index contributed by atoms with van der Waals surface area (Å²) in [6.07, 6.45) is 0. The lowest BCUT2D eigenvalue weighted by atomic mass is 10.1. The molecule has 0 aliphatic rings. The molecule has 0 bridgehead atoms. The Balaban J connectivity index is 2.78. The molecule has 3 heteroatoms. The summed E-state index contributed by atoms with van der Waals surface area (Å²) in [5, 5.41) is 3.19. The summed E-state index contributed by atoms with van der Waals surface area (Å²) in [7, 11) is 3.61. The van der Waals surface area contributed by atoms with Crippen LogP contribution in [0.15, 0.2) is 24.3 Å². The fourth-order valence-corrected chi connectivity index (χ4v) is 1.59. The van der Waals surface area contributed by atoms with Crippen LogP contribution in [0.3, 0.4) is 0 Å².